The summed E-state index contributed by atoms with van der Waals surface area (Å²) in [5, 5.41) is 20.5. The molecule has 0 atom stereocenters. The Morgan fingerprint density at radius 1 is 0.667 bits per heavy atom. The predicted molar refractivity (Wildman–Crippen MR) is 121 cm³/mol. The van der Waals surface area contributed by atoms with E-state index < -0.39 is 0 Å². The molecule has 0 amide bonds. The van der Waals surface area contributed by atoms with Crippen LogP contribution in [0.25, 0.3) is 0 Å². The van der Waals surface area contributed by atoms with Crippen molar-refractivity contribution in [1.82, 2.24) is 0 Å². The van der Waals surface area contributed by atoms with Gasteiger partial charge in [-0.05, 0) is 25.0 Å². The van der Waals surface area contributed by atoms with Gasteiger partial charge in [0, 0.05) is 11.6 Å². The summed E-state index contributed by atoms with van der Waals surface area (Å²) < 4.78 is 11.9. The van der Waals surface area contributed by atoms with Crippen LogP contribution in [-0.2, 0) is 6.42 Å². The van der Waals surface area contributed by atoms with Gasteiger partial charge in [0.25, 0.3) is 0 Å². The minimum Gasteiger partial charge on any atom is -0.504 e. The van der Waals surface area contributed by atoms with Crippen LogP contribution in [0, 0.1) is 0 Å². The van der Waals surface area contributed by atoms with Gasteiger partial charge in [-0.1, -0.05) is 89.7 Å². The van der Waals surface area contributed by atoms with Crippen molar-refractivity contribution < 1.29 is 19.7 Å². The summed E-state index contributed by atoms with van der Waals surface area (Å²) in [6, 6.07) is 8.86. The van der Waals surface area contributed by atoms with Crippen molar-refractivity contribution in [1.29, 1.82) is 0 Å². The number of phenolic OH excluding ortho intramolecular Hbond substituents is 2. The number of fused-ring (bicyclic) bond motifs is 2. The van der Waals surface area contributed by atoms with Gasteiger partial charge in [0.2, 0.25) is 0 Å². The summed E-state index contributed by atoms with van der Waals surface area (Å²) >= 11 is 0. The van der Waals surface area contributed by atoms with Crippen LogP contribution in [0.3, 0.4) is 0 Å². The number of benzene rings is 2. The zero-order chi connectivity index (χ0) is 21.2. The van der Waals surface area contributed by atoms with Crippen molar-refractivity contribution >= 4 is 0 Å². The van der Waals surface area contributed by atoms with Crippen LogP contribution < -0.4 is 9.47 Å². The highest BCUT2D eigenvalue weighted by Gasteiger charge is 2.25. The maximum absolute atomic E-state index is 10.4. The largest absolute Gasteiger partial charge is 0.504 e. The molecule has 0 spiro atoms. The molecular weight excluding hydrogens is 376 g/mol. The number of para-hydroxylation sites is 2. The molecule has 1 aliphatic heterocycles. The van der Waals surface area contributed by atoms with Crippen LogP contribution in [0.1, 0.15) is 89.5 Å². The molecule has 2 N–H and O–H groups in total. The Bertz CT molecular complexity index is 800. The third-order valence-corrected chi connectivity index (χ3v) is 5.86. The maximum atomic E-state index is 10.4. The number of aromatic hydroxyl groups is 2. The van der Waals surface area contributed by atoms with Crippen molar-refractivity contribution in [3.05, 3.63) is 35.9 Å². The number of rotatable bonds is 13. The normalized spacial score (nSPS) is 12.0. The van der Waals surface area contributed by atoms with E-state index in [1.807, 2.05) is 24.3 Å². The lowest BCUT2D eigenvalue weighted by molar-refractivity contribution is 0.340. The molecule has 0 saturated carbocycles. The molecule has 4 nitrogen and oxygen atoms in total. The highest BCUT2D eigenvalue weighted by atomic mass is 16.6. The molecule has 0 fully saturated rings. The third kappa shape index (κ3) is 6.07. The Kier molecular flexibility index (Phi) is 8.73. The van der Waals surface area contributed by atoms with Gasteiger partial charge in [-0.3, -0.25) is 0 Å². The molecular formula is C26H36O4. The van der Waals surface area contributed by atoms with Gasteiger partial charge in [-0.2, -0.15) is 0 Å². The Hall–Kier alpha value is -2.36. The molecule has 0 aliphatic carbocycles. The molecule has 3 rings (SSSR count). The van der Waals surface area contributed by atoms with Crippen LogP contribution in [-0.4, -0.2) is 10.2 Å². The van der Waals surface area contributed by atoms with Gasteiger partial charge in [0.15, 0.2) is 34.5 Å². The van der Waals surface area contributed by atoms with E-state index in [9.17, 15) is 10.2 Å². The average molecular weight is 413 g/mol. The van der Waals surface area contributed by atoms with Gasteiger partial charge in [-0.25, -0.2) is 0 Å². The van der Waals surface area contributed by atoms with E-state index in [1.165, 1.54) is 70.3 Å². The van der Waals surface area contributed by atoms with E-state index in [-0.39, 0.29) is 11.5 Å². The Morgan fingerprint density at radius 2 is 1.20 bits per heavy atom. The fourth-order valence-corrected chi connectivity index (χ4v) is 4.08. The zero-order valence-electron chi connectivity index (χ0n) is 18.3. The van der Waals surface area contributed by atoms with E-state index in [2.05, 4.69) is 6.92 Å². The first-order valence-electron chi connectivity index (χ1n) is 11.7. The fraction of sp³-hybridized carbons (Fsp3) is 0.538. The quantitative estimate of drug-likeness (QED) is 0.219. The van der Waals surface area contributed by atoms with Crippen LogP contribution in [0.5, 0.6) is 34.5 Å². The lowest BCUT2D eigenvalue weighted by Crippen LogP contribution is -2.02. The Morgan fingerprint density at radius 3 is 1.80 bits per heavy atom. The standard InChI is InChI=1S/C26H36O4/c1-2-3-4-5-6-7-8-9-10-11-12-13-16-20-25(28)21(27)19-24-26(20)30-23-18-15-14-17-22(23)29-24/h14-15,17-19,27-28H,2-13,16H2,1H3. The topological polar surface area (TPSA) is 58.9 Å². The number of phenols is 2. The summed E-state index contributed by atoms with van der Waals surface area (Å²) in [6.07, 6.45) is 16.1. The summed E-state index contributed by atoms with van der Waals surface area (Å²) in [7, 11) is 0. The fourth-order valence-electron chi connectivity index (χ4n) is 4.08. The first-order valence-corrected chi connectivity index (χ1v) is 11.7. The van der Waals surface area contributed by atoms with Crippen molar-refractivity contribution in [2.24, 2.45) is 0 Å². The molecule has 4 heteroatoms. The monoisotopic (exact) mass is 412 g/mol. The average Bonchev–Trinajstić information content (AvgIpc) is 2.75. The molecule has 0 saturated heterocycles. The lowest BCUT2D eigenvalue weighted by atomic mass is 10.0. The second kappa shape index (κ2) is 11.7. The first-order chi connectivity index (χ1) is 14.7. The molecule has 30 heavy (non-hydrogen) atoms. The van der Waals surface area contributed by atoms with Crippen molar-refractivity contribution in [2.45, 2.75) is 90.4 Å². The summed E-state index contributed by atoms with van der Waals surface area (Å²) in [5.41, 5.74) is 0.631. The summed E-state index contributed by atoms with van der Waals surface area (Å²) in [6.45, 7) is 2.26. The van der Waals surface area contributed by atoms with E-state index in [0.717, 1.165) is 12.8 Å². The lowest BCUT2D eigenvalue weighted by Gasteiger charge is -2.23. The summed E-state index contributed by atoms with van der Waals surface area (Å²) in [4.78, 5) is 0. The molecule has 0 unspecified atom stereocenters. The van der Waals surface area contributed by atoms with Gasteiger partial charge < -0.3 is 19.7 Å². The molecule has 0 aromatic heterocycles. The van der Waals surface area contributed by atoms with Gasteiger partial charge >= 0.3 is 0 Å². The molecule has 2 aromatic rings. The van der Waals surface area contributed by atoms with Crippen molar-refractivity contribution in [2.75, 3.05) is 0 Å². The van der Waals surface area contributed by atoms with Crippen molar-refractivity contribution in [3.63, 3.8) is 0 Å². The number of unbranched alkanes of at least 4 members (excludes halogenated alkanes) is 11. The molecule has 164 valence electrons. The Balaban J connectivity index is 1.41. The molecule has 2 aromatic carbocycles. The third-order valence-electron chi connectivity index (χ3n) is 5.86. The second-order valence-corrected chi connectivity index (χ2v) is 8.34. The van der Waals surface area contributed by atoms with Gasteiger partial charge in [0.1, 0.15) is 0 Å². The van der Waals surface area contributed by atoms with Gasteiger partial charge in [-0.15, -0.1) is 0 Å². The molecule has 0 radical (unpaired) electrons. The van der Waals surface area contributed by atoms with E-state index >= 15 is 0 Å². The molecule has 1 heterocycles. The SMILES string of the molecule is CCCCCCCCCCCCCCc1c(O)c(O)cc2c1Oc1ccccc1O2. The number of hydrogen-bond acceptors (Lipinski definition) is 4. The molecule has 1 aliphatic rings. The summed E-state index contributed by atoms with van der Waals surface area (Å²) in [5.74, 6) is 1.97. The van der Waals surface area contributed by atoms with Gasteiger partial charge in [0.05, 0.1) is 0 Å². The van der Waals surface area contributed by atoms with E-state index in [1.54, 1.807) is 0 Å². The van der Waals surface area contributed by atoms with E-state index in [4.69, 9.17) is 9.47 Å². The van der Waals surface area contributed by atoms with E-state index in [0.29, 0.717) is 35.0 Å². The van der Waals surface area contributed by atoms with Crippen LogP contribution in [0.15, 0.2) is 30.3 Å². The number of hydrogen-bond donors (Lipinski definition) is 2. The van der Waals surface area contributed by atoms with Crippen molar-refractivity contribution in [3.8, 4) is 34.5 Å². The second-order valence-electron chi connectivity index (χ2n) is 8.34. The highest BCUT2D eigenvalue weighted by Crippen LogP contribution is 2.52. The minimum absolute atomic E-state index is 0.0974. The zero-order valence-corrected chi connectivity index (χ0v) is 18.3. The van der Waals surface area contributed by atoms with Crippen LogP contribution in [0.2, 0.25) is 0 Å². The smallest absolute Gasteiger partial charge is 0.177 e. The minimum atomic E-state index is -0.161. The first kappa shape index (κ1) is 22.3. The molecule has 0 bridgehead atoms. The maximum Gasteiger partial charge on any atom is 0.177 e. The van der Waals surface area contributed by atoms with Crippen LogP contribution >= 0.6 is 0 Å². The van der Waals surface area contributed by atoms with Crippen LogP contribution in [0.4, 0.5) is 0 Å². The highest BCUT2D eigenvalue weighted by molar-refractivity contribution is 5.64. The number of ether oxygens (including phenoxy) is 2. The predicted octanol–water partition coefficient (Wildman–Crippen LogP) is 8.24. The Labute approximate surface area is 180 Å².